The van der Waals surface area contributed by atoms with Crippen LogP contribution in [0.25, 0.3) is 10.9 Å². The Bertz CT molecular complexity index is 466. The van der Waals surface area contributed by atoms with Gasteiger partial charge in [0.15, 0.2) is 11.3 Å². The summed E-state index contributed by atoms with van der Waals surface area (Å²) >= 11 is 0. The molecule has 0 spiro atoms. The Hall–Kier alpha value is -1.77. The van der Waals surface area contributed by atoms with E-state index in [9.17, 15) is 5.11 Å². The number of anilines is 1. The van der Waals surface area contributed by atoms with Gasteiger partial charge in [0.25, 0.3) is 5.82 Å². The van der Waals surface area contributed by atoms with Crippen molar-refractivity contribution in [2.45, 2.75) is 0 Å². The third kappa shape index (κ3) is 1.37. The van der Waals surface area contributed by atoms with Crippen LogP contribution in [0.5, 0.6) is 5.75 Å². The van der Waals surface area contributed by atoms with Gasteiger partial charge < -0.3 is 5.11 Å². The molecule has 0 aliphatic carbocycles. The Morgan fingerprint density at radius 1 is 1.14 bits per heavy atom. The Balaban J connectivity index is 2.70. The number of hydrogen-bond donors (Lipinski definition) is 1. The van der Waals surface area contributed by atoms with E-state index in [0.717, 1.165) is 16.7 Å². The summed E-state index contributed by atoms with van der Waals surface area (Å²) in [5, 5.41) is 10.6. The summed E-state index contributed by atoms with van der Waals surface area (Å²) in [5.41, 5.74) is 0.777. The van der Waals surface area contributed by atoms with Crippen molar-refractivity contribution in [2.24, 2.45) is 0 Å². The summed E-state index contributed by atoms with van der Waals surface area (Å²) in [5.74, 6) is 1.25. The summed E-state index contributed by atoms with van der Waals surface area (Å²) in [7, 11) is 3.91. The van der Waals surface area contributed by atoms with Gasteiger partial charge in [0.2, 0.25) is 0 Å². The Kier molecular flexibility index (Phi) is 2.00. The standard InChI is InChI=1S/C11H12N2O/c1-13(2)10-7-6-8-4-3-5-9(14)11(8)12-10/h3-7,14H,1-2H3/p+1. The van der Waals surface area contributed by atoms with Crippen LogP contribution in [0.15, 0.2) is 30.3 Å². The van der Waals surface area contributed by atoms with Crippen LogP contribution < -0.4 is 9.88 Å². The highest BCUT2D eigenvalue weighted by Crippen LogP contribution is 2.20. The minimum Gasteiger partial charge on any atom is -0.504 e. The van der Waals surface area contributed by atoms with E-state index < -0.39 is 0 Å². The largest absolute Gasteiger partial charge is 0.504 e. The number of aromatic hydroxyl groups is 1. The summed E-state index contributed by atoms with van der Waals surface area (Å²) in [6.45, 7) is 0. The number of H-pyrrole nitrogens is 1. The van der Waals surface area contributed by atoms with Crippen LogP contribution in [0, 0.1) is 0 Å². The topological polar surface area (TPSA) is 37.6 Å². The van der Waals surface area contributed by atoms with Gasteiger partial charge in [-0.15, -0.1) is 0 Å². The quantitative estimate of drug-likeness (QED) is 0.736. The Labute approximate surface area is 82.6 Å². The van der Waals surface area contributed by atoms with Gasteiger partial charge >= 0.3 is 0 Å². The van der Waals surface area contributed by atoms with E-state index in [2.05, 4.69) is 4.98 Å². The van der Waals surface area contributed by atoms with Crippen molar-refractivity contribution >= 4 is 16.7 Å². The van der Waals surface area contributed by atoms with Crippen LogP contribution in [-0.2, 0) is 0 Å². The number of hydrogen-bond acceptors (Lipinski definition) is 2. The van der Waals surface area contributed by atoms with Crippen molar-refractivity contribution in [3.8, 4) is 5.75 Å². The van der Waals surface area contributed by atoms with Gasteiger partial charge in [-0.1, -0.05) is 12.1 Å². The molecule has 0 aliphatic rings. The number of para-hydroxylation sites is 1. The number of nitrogens with zero attached hydrogens (tertiary/aromatic N) is 1. The average Bonchev–Trinajstić information content (AvgIpc) is 2.18. The van der Waals surface area contributed by atoms with Gasteiger partial charge in [-0.05, 0) is 12.1 Å². The van der Waals surface area contributed by atoms with E-state index in [-0.39, 0.29) is 5.75 Å². The third-order valence-corrected chi connectivity index (χ3v) is 2.23. The zero-order valence-corrected chi connectivity index (χ0v) is 8.28. The molecule has 0 bridgehead atoms. The second-order valence-corrected chi connectivity index (χ2v) is 3.48. The van der Waals surface area contributed by atoms with Gasteiger partial charge in [-0.2, -0.15) is 0 Å². The van der Waals surface area contributed by atoms with E-state index in [1.54, 1.807) is 6.07 Å². The second kappa shape index (κ2) is 3.18. The first-order valence-corrected chi connectivity index (χ1v) is 4.50. The SMILES string of the molecule is CN(C)c1ccc2cccc(O)c2[nH+]1. The first kappa shape index (κ1) is 8.81. The van der Waals surface area contributed by atoms with Crippen molar-refractivity contribution in [3.05, 3.63) is 30.3 Å². The number of phenols is 1. The molecule has 3 nitrogen and oxygen atoms in total. The van der Waals surface area contributed by atoms with Crippen molar-refractivity contribution < 1.29 is 10.1 Å². The summed E-state index contributed by atoms with van der Waals surface area (Å²) in [6.07, 6.45) is 0. The third-order valence-electron chi connectivity index (χ3n) is 2.23. The fourth-order valence-electron chi connectivity index (χ4n) is 1.43. The molecule has 0 saturated heterocycles. The maximum absolute atomic E-state index is 9.63. The first-order valence-electron chi connectivity index (χ1n) is 4.50. The highest BCUT2D eigenvalue weighted by Gasteiger charge is 2.08. The number of pyridine rings is 1. The molecule has 2 aromatic rings. The van der Waals surface area contributed by atoms with Crippen LogP contribution in [0.4, 0.5) is 5.82 Å². The molecule has 1 heterocycles. The number of rotatable bonds is 1. The van der Waals surface area contributed by atoms with E-state index in [0.29, 0.717) is 0 Å². The minimum atomic E-state index is 0.284. The monoisotopic (exact) mass is 189 g/mol. The lowest BCUT2D eigenvalue weighted by Crippen LogP contribution is -2.20. The van der Waals surface area contributed by atoms with Crippen molar-refractivity contribution in [2.75, 3.05) is 19.0 Å². The predicted molar refractivity (Wildman–Crippen MR) is 56.5 cm³/mol. The zero-order chi connectivity index (χ0) is 10.1. The number of nitrogens with one attached hydrogen (secondary N) is 1. The average molecular weight is 189 g/mol. The molecule has 0 saturated carbocycles. The molecule has 0 fully saturated rings. The summed E-state index contributed by atoms with van der Waals surface area (Å²) in [6, 6.07) is 9.45. The number of aromatic nitrogens is 1. The molecule has 0 unspecified atom stereocenters. The molecule has 1 aromatic carbocycles. The molecule has 3 heteroatoms. The molecule has 0 amide bonds. The van der Waals surface area contributed by atoms with E-state index >= 15 is 0 Å². The number of aromatic amines is 1. The fourth-order valence-corrected chi connectivity index (χ4v) is 1.43. The lowest BCUT2D eigenvalue weighted by molar-refractivity contribution is -0.330. The lowest BCUT2D eigenvalue weighted by atomic mass is 10.2. The maximum atomic E-state index is 9.63. The predicted octanol–water partition coefficient (Wildman–Crippen LogP) is 1.43. The van der Waals surface area contributed by atoms with Crippen LogP contribution >= 0.6 is 0 Å². The Morgan fingerprint density at radius 2 is 1.93 bits per heavy atom. The molecular weight excluding hydrogens is 176 g/mol. The second-order valence-electron chi connectivity index (χ2n) is 3.48. The summed E-state index contributed by atoms with van der Waals surface area (Å²) in [4.78, 5) is 5.13. The van der Waals surface area contributed by atoms with Crippen LogP contribution in [0.1, 0.15) is 0 Å². The smallest absolute Gasteiger partial charge is 0.274 e. The first-order chi connectivity index (χ1) is 6.68. The molecule has 0 aliphatic heterocycles. The molecule has 2 rings (SSSR count). The molecular formula is C11H13N2O+. The molecule has 14 heavy (non-hydrogen) atoms. The van der Waals surface area contributed by atoms with Crippen molar-refractivity contribution in [3.63, 3.8) is 0 Å². The lowest BCUT2D eigenvalue weighted by Gasteiger charge is -2.04. The number of benzene rings is 1. The van der Waals surface area contributed by atoms with Crippen LogP contribution in [0.3, 0.4) is 0 Å². The van der Waals surface area contributed by atoms with Gasteiger partial charge in [-0.3, -0.25) is 4.90 Å². The fraction of sp³-hybridized carbons (Fsp3) is 0.182. The van der Waals surface area contributed by atoms with Crippen LogP contribution in [-0.4, -0.2) is 19.2 Å². The molecule has 1 aromatic heterocycles. The molecule has 72 valence electrons. The molecule has 2 N–H and O–H groups in total. The van der Waals surface area contributed by atoms with E-state index in [4.69, 9.17) is 0 Å². The number of phenolic OH excluding ortho intramolecular Hbond substituents is 1. The summed E-state index contributed by atoms with van der Waals surface area (Å²) < 4.78 is 0. The maximum Gasteiger partial charge on any atom is 0.274 e. The van der Waals surface area contributed by atoms with Crippen LogP contribution in [0.2, 0.25) is 0 Å². The Morgan fingerprint density at radius 3 is 2.64 bits per heavy atom. The number of fused-ring (bicyclic) bond motifs is 1. The van der Waals surface area contributed by atoms with Gasteiger partial charge in [0.05, 0.1) is 14.1 Å². The molecule has 0 radical (unpaired) electrons. The zero-order valence-electron chi connectivity index (χ0n) is 8.28. The van der Waals surface area contributed by atoms with E-state index in [1.165, 1.54) is 0 Å². The van der Waals surface area contributed by atoms with Gasteiger partial charge in [0.1, 0.15) is 0 Å². The van der Waals surface area contributed by atoms with Crippen molar-refractivity contribution in [1.82, 2.24) is 0 Å². The molecule has 0 atom stereocenters. The normalized spacial score (nSPS) is 10.4. The highest BCUT2D eigenvalue weighted by molar-refractivity contribution is 5.81. The van der Waals surface area contributed by atoms with Gasteiger partial charge in [-0.25, -0.2) is 4.98 Å². The van der Waals surface area contributed by atoms with Gasteiger partial charge in [0, 0.05) is 11.5 Å². The van der Waals surface area contributed by atoms with E-state index in [1.807, 2.05) is 43.3 Å². The van der Waals surface area contributed by atoms with Crippen molar-refractivity contribution in [1.29, 1.82) is 0 Å². The highest BCUT2D eigenvalue weighted by atomic mass is 16.3. The minimum absolute atomic E-state index is 0.284.